The predicted molar refractivity (Wildman–Crippen MR) is 82.4 cm³/mol. The summed E-state index contributed by atoms with van der Waals surface area (Å²) in [7, 11) is 0. The van der Waals surface area contributed by atoms with E-state index in [1.165, 1.54) is 16.3 Å². The standard InChI is InChI=1S/C18H24O/c1-13(19-14(2)18(3,4)5)16-12-8-10-15-9-6-7-11-17(15)16/h6-14H,1-5H3. The number of hydrogen-bond acceptors (Lipinski definition) is 1. The van der Waals surface area contributed by atoms with E-state index in [1.807, 2.05) is 0 Å². The molecule has 0 aromatic heterocycles. The van der Waals surface area contributed by atoms with Crippen LogP contribution in [0.25, 0.3) is 10.8 Å². The van der Waals surface area contributed by atoms with Crippen molar-refractivity contribution in [3.05, 3.63) is 48.0 Å². The van der Waals surface area contributed by atoms with Gasteiger partial charge in [-0.2, -0.15) is 0 Å². The Labute approximate surface area is 116 Å². The Morgan fingerprint density at radius 2 is 1.53 bits per heavy atom. The number of hydrogen-bond donors (Lipinski definition) is 0. The quantitative estimate of drug-likeness (QED) is 0.719. The first kappa shape index (κ1) is 14.1. The van der Waals surface area contributed by atoms with Crippen molar-refractivity contribution in [2.24, 2.45) is 5.41 Å². The molecule has 0 saturated heterocycles. The SMILES string of the molecule is CC(OC(C)C(C)(C)C)c1cccc2ccccc12. The molecule has 0 heterocycles. The van der Waals surface area contributed by atoms with Gasteiger partial charge in [-0.05, 0) is 35.6 Å². The van der Waals surface area contributed by atoms with Gasteiger partial charge in [0.05, 0.1) is 12.2 Å². The Morgan fingerprint density at radius 1 is 0.895 bits per heavy atom. The normalized spacial score (nSPS) is 15.4. The highest BCUT2D eigenvalue weighted by atomic mass is 16.5. The highest BCUT2D eigenvalue weighted by molar-refractivity contribution is 5.85. The number of fused-ring (bicyclic) bond motifs is 1. The monoisotopic (exact) mass is 256 g/mol. The first-order valence-corrected chi connectivity index (χ1v) is 7.02. The molecule has 0 aliphatic carbocycles. The fraction of sp³-hybridized carbons (Fsp3) is 0.444. The van der Waals surface area contributed by atoms with E-state index < -0.39 is 0 Å². The van der Waals surface area contributed by atoms with Crippen molar-refractivity contribution in [3.8, 4) is 0 Å². The molecule has 0 spiro atoms. The summed E-state index contributed by atoms with van der Waals surface area (Å²) in [6.07, 6.45) is 0.335. The second-order valence-corrected chi connectivity index (χ2v) is 6.35. The highest BCUT2D eigenvalue weighted by Crippen LogP contribution is 2.31. The summed E-state index contributed by atoms with van der Waals surface area (Å²) in [5, 5.41) is 2.57. The zero-order valence-corrected chi connectivity index (χ0v) is 12.6. The topological polar surface area (TPSA) is 9.23 Å². The minimum Gasteiger partial charge on any atom is -0.370 e. The Kier molecular flexibility index (Phi) is 3.96. The van der Waals surface area contributed by atoms with E-state index in [2.05, 4.69) is 77.1 Å². The summed E-state index contributed by atoms with van der Waals surface area (Å²) < 4.78 is 6.21. The molecule has 2 aromatic rings. The first-order valence-electron chi connectivity index (χ1n) is 7.02. The van der Waals surface area contributed by atoms with Gasteiger partial charge in [-0.1, -0.05) is 63.2 Å². The third kappa shape index (κ3) is 3.16. The Bertz CT molecular complexity index is 546. The van der Waals surface area contributed by atoms with Gasteiger partial charge in [0.25, 0.3) is 0 Å². The van der Waals surface area contributed by atoms with Crippen LogP contribution in [0.5, 0.6) is 0 Å². The van der Waals surface area contributed by atoms with Crippen LogP contribution < -0.4 is 0 Å². The molecule has 0 fully saturated rings. The minimum absolute atomic E-state index is 0.111. The molecule has 0 N–H and O–H groups in total. The average Bonchev–Trinajstić information content (AvgIpc) is 2.36. The molecule has 0 amide bonds. The van der Waals surface area contributed by atoms with Crippen LogP contribution in [-0.2, 0) is 4.74 Å². The van der Waals surface area contributed by atoms with Crippen molar-refractivity contribution in [1.82, 2.24) is 0 Å². The molecular weight excluding hydrogens is 232 g/mol. The van der Waals surface area contributed by atoms with E-state index in [0.717, 1.165) is 0 Å². The van der Waals surface area contributed by atoms with Crippen LogP contribution in [-0.4, -0.2) is 6.10 Å². The van der Waals surface area contributed by atoms with E-state index in [-0.39, 0.29) is 17.6 Å². The molecule has 1 heteroatoms. The summed E-state index contributed by atoms with van der Waals surface area (Å²) in [6, 6.07) is 14.9. The van der Waals surface area contributed by atoms with Crippen LogP contribution in [0.2, 0.25) is 0 Å². The molecule has 2 rings (SSSR count). The second-order valence-electron chi connectivity index (χ2n) is 6.35. The van der Waals surface area contributed by atoms with E-state index in [1.54, 1.807) is 0 Å². The molecule has 19 heavy (non-hydrogen) atoms. The maximum atomic E-state index is 6.21. The van der Waals surface area contributed by atoms with Crippen LogP contribution in [0.3, 0.4) is 0 Å². The van der Waals surface area contributed by atoms with E-state index in [4.69, 9.17) is 4.74 Å². The van der Waals surface area contributed by atoms with Crippen LogP contribution in [0.1, 0.15) is 46.3 Å². The van der Waals surface area contributed by atoms with Gasteiger partial charge in [0, 0.05) is 0 Å². The highest BCUT2D eigenvalue weighted by Gasteiger charge is 2.23. The molecule has 102 valence electrons. The summed E-state index contributed by atoms with van der Waals surface area (Å²) in [6.45, 7) is 10.9. The molecule has 0 radical (unpaired) electrons. The Hall–Kier alpha value is -1.34. The first-order chi connectivity index (χ1) is 8.89. The third-order valence-corrected chi connectivity index (χ3v) is 3.89. The molecule has 2 atom stereocenters. The molecule has 0 saturated carbocycles. The van der Waals surface area contributed by atoms with E-state index in [0.29, 0.717) is 0 Å². The van der Waals surface area contributed by atoms with Gasteiger partial charge in [-0.3, -0.25) is 0 Å². The lowest BCUT2D eigenvalue weighted by atomic mass is 9.90. The van der Waals surface area contributed by atoms with Gasteiger partial charge in [-0.25, -0.2) is 0 Å². The van der Waals surface area contributed by atoms with Crippen molar-refractivity contribution in [1.29, 1.82) is 0 Å². The fourth-order valence-electron chi connectivity index (χ4n) is 2.19. The second kappa shape index (κ2) is 5.34. The molecule has 2 unspecified atom stereocenters. The minimum atomic E-state index is 0.111. The Morgan fingerprint density at radius 3 is 2.21 bits per heavy atom. The molecule has 0 aliphatic rings. The zero-order chi connectivity index (χ0) is 14.0. The van der Waals surface area contributed by atoms with Crippen molar-refractivity contribution in [2.75, 3.05) is 0 Å². The number of rotatable bonds is 3. The van der Waals surface area contributed by atoms with Gasteiger partial charge in [0.15, 0.2) is 0 Å². The maximum Gasteiger partial charge on any atom is 0.0806 e. The summed E-state index contributed by atoms with van der Waals surface area (Å²) in [4.78, 5) is 0. The van der Waals surface area contributed by atoms with Crippen LogP contribution >= 0.6 is 0 Å². The van der Waals surface area contributed by atoms with Crippen LogP contribution in [0, 0.1) is 5.41 Å². The maximum absolute atomic E-state index is 6.21. The largest absolute Gasteiger partial charge is 0.370 e. The van der Waals surface area contributed by atoms with E-state index >= 15 is 0 Å². The van der Waals surface area contributed by atoms with E-state index in [9.17, 15) is 0 Å². The van der Waals surface area contributed by atoms with Crippen molar-refractivity contribution in [2.45, 2.75) is 46.8 Å². The zero-order valence-electron chi connectivity index (χ0n) is 12.6. The van der Waals surface area contributed by atoms with Gasteiger partial charge in [-0.15, -0.1) is 0 Å². The van der Waals surface area contributed by atoms with Crippen molar-refractivity contribution < 1.29 is 4.74 Å². The van der Waals surface area contributed by atoms with Crippen molar-refractivity contribution in [3.63, 3.8) is 0 Å². The predicted octanol–water partition coefficient (Wildman–Crippen LogP) is 5.35. The number of benzene rings is 2. The smallest absolute Gasteiger partial charge is 0.0806 e. The number of ether oxygens (including phenoxy) is 1. The van der Waals surface area contributed by atoms with Gasteiger partial charge < -0.3 is 4.74 Å². The van der Waals surface area contributed by atoms with Crippen LogP contribution in [0.4, 0.5) is 0 Å². The summed E-state index contributed by atoms with van der Waals surface area (Å²) >= 11 is 0. The lowest BCUT2D eigenvalue weighted by Gasteiger charge is -2.30. The van der Waals surface area contributed by atoms with Crippen LogP contribution in [0.15, 0.2) is 42.5 Å². The molecule has 0 aliphatic heterocycles. The van der Waals surface area contributed by atoms with Gasteiger partial charge in [0.2, 0.25) is 0 Å². The average molecular weight is 256 g/mol. The summed E-state index contributed by atoms with van der Waals surface area (Å²) in [5.41, 5.74) is 1.44. The van der Waals surface area contributed by atoms with Gasteiger partial charge >= 0.3 is 0 Å². The van der Waals surface area contributed by atoms with Gasteiger partial charge in [0.1, 0.15) is 0 Å². The van der Waals surface area contributed by atoms with Crippen molar-refractivity contribution >= 4 is 10.8 Å². The Balaban J connectivity index is 2.29. The lowest BCUT2D eigenvalue weighted by molar-refractivity contribution is -0.0488. The molecule has 2 aromatic carbocycles. The molecule has 1 nitrogen and oxygen atoms in total. The molecular formula is C18H24O. The third-order valence-electron chi connectivity index (χ3n) is 3.89. The lowest BCUT2D eigenvalue weighted by Crippen LogP contribution is -2.27. The molecule has 0 bridgehead atoms. The summed E-state index contributed by atoms with van der Waals surface area (Å²) in [5.74, 6) is 0. The fourth-order valence-corrected chi connectivity index (χ4v) is 2.19.